The van der Waals surface area contributed by atoms with Crippen LogP contribution in [0.3, 0.4) is 0 Å². The molecule has 0 heterocycles. The van der Waals surface area contributed by atoms with Crippen LogP contribution in [0.25, 0.3) is 0 Å². The molecule has 0 spiro atoms. The largest absolute Gasteiger partial charge is 0.444 e. The number of aliphatic hydroxyl groups excluding tert-OH is 1. The van der Waals surface area contributed by atoms with Crippen LogP contribution in [-0.2, 0) is 16.0 Å². The summed E-state index contributed by atoms with van der Waals surface area (Å²) in [4.78, 5) is 52.6. The Kier molecular flexibility index (Phi) is 16.5. The van der Waals surface area contributed by atoms with Gasteiger partial charge in [-0.25, -0.2) is 13.6 Å². The van der Waals surface area contributed by atoms with Gasteiger partial charge in [0.15, 0.2) is 0 Å². The molecule has 0 saturated heterocycles. The number of rotatable bonds is 18. The van der Waals surface area contributed by atoms with Gasteiger partial charge in [0.2, 0.25) is 5.91 Å². The predicted molar refractivity (Wildman–Crippen MR) is 181 cm³/mol. The number of ether oxygens (including phenoxy) is 1. The lowest BCUT2D eigenvalue weighted by Gasteiger charge is -2.25. The zero-order valence-corrected chi connectivity index (χ0v) is 29.1. The van der Waals surface area contributed by atoms with Crippen LogP contribution < -0.4 is 16.0 Å². The van der Waals surface area contributed by atoms with Crippen LogP contribution in [0.5, 0.6) is 0 Å². The molecule has 48 heavy (non-hydrogen) atoms. The van der Waals surface area contributed by atoms with Crippen LogP contribution in [0.1, 0.15) is 105 Å². The first-order valence-electron chi connectivity index (χ1n) is 16.7. The SMILES string of the molecule is CCCN(CCC)C(=O)c1cc(C)cc(C(=O)N[C@H](Cc2cc(F)cc(F)c2)[C@@H](O)CCNC(=O)CCCCNC(=O)OC(C)(C)C)c1. The predicted octanol–water partition coefficient (Wildman–Crippen LogP) is 5.44. The molecule has 12 heteroatoms. The number of carbonyl (C=O) groups is 4. The summed E-state index contributed by atoms with van der Waals surface area (Å²) < 4.78 is 33.2. The lowest BCUT2D eigenvalue weighted by atomic mass is 9.97. The van der Waals surface area contributed by atoms with Crippen molar-refractivity contribution in [3.8, 4) is 0 Å². The van der Waals surface area contributed by atoms with E-state index in [1.807, 2.05) is 13.8 Å². The van der Waals surface area contributed by atoms with E-state index in [0.29, 0.717) is 43.6 Å². The monoisotopic (exact) mass is 674 g/mol. The molecule has 0 unspecified atom stereocenters. The smallest absolute Gasteiger partial charge is 0.407 e. The maximum atomic E-state index is 14.0. The van der Waals surface area contributed by atoms with Gasteiger partial charge in [-0.2, -0.15) is 0 Å². The average molecular weight is 675 g/mol. The van der Waals surface area contributed by atoms with Crippen molar-refractivity contribution in [1.82, 2.24) is 20.9 Å². The summed E-state index contributed by atoms with van der Waals surface area (Å²) in [6.45, 7) is 12.7. The molecule has 0 aliphatic rings. The van der Waals surface area contributed by atoms with Gasteiger partial charge >= 0.3 is 6.09 Å². The Labute approximate surface area is 283 Å². The molecule has 0 radical (unpaired) electrons. The number of nitrogens with one attached hydrogen (secondary N) is 3. The number of halogens is 2. The quantitative estimate of drug-likeness (QED) is 0.156. The second kappa shape index (κ2) is 19.7. The highest BCUT2D eigenvalue weighted by atomic mass is 19.1. The summed E-state index contributed by atoms with van der Waals surface area (Å²) >= 11 is 0. The molecule has 0 saturated carbocycles. The van der Waals surface area contributed by atoms with Gasteiger partial charge in [0, 0.05) is 49.8 Å². The van der Waals surface area contributed by atoms with E-state index in [9.17, 15) is 33.1 Å². The number of unbranched alkanes of at least 4 members (excludes halogenated alkanes) is 1. The highest BCUT2D eigenvalue weighted by Gasteiger charge is 2.25. The van der Waals surface area contributed by atoms with Crippen LogP contribution >= 0.6 is 0 Å². The molecule has 0 fully saturated rings. The number of aryl methyl sites for hydroxylation is 1. The number of benzene rings is 2. The van der Waals surface area contributed by atoms with Gasteiger partial charge in [-0.15, -0.1) is 0 Å². The first-order valence-corrected chi connectivity index (χ1v) is 16.7. The van der Waals surface area contributed by atoms with E-state index in [0.717, 1.165) is 31.0 Å². The van der Waals surface area contributed by atoms with Gasteiger partial charge in [0.1, 0.15) is 17.2 Å². The second-order valence-corrected chi connectivity index (χ2v) is 13.0. The lowest BCUT2D eigenvalue weighted by molar-refractivity contribution is -0.121. The van der Waals surface area contributed by atoms with E-state index in [-0.39, 0.29) is 48.7 Å². The Bertz CT molecular complexity index is 1350. The average Bonchev–Trinajstić information content (AvgIpc) is 2.98. The van der Waals surface area contributed by atoms with Crippen LogP contribution in [0.2, 0.25) is 0 Å². The third-order valence-corrected chi connectivity index (χ3v) is 7.28. The summed E-state index contributed by atoms with van der Waals surface area (Å²) in [5.74, 6) is -2.56. The van der Waals surface area contributed by atoms with Crippen molar-refractivity contribution in [2.24, 2.45) is 0 Å². The van der Waals surface area contributed by atoms with Crippen molar-refractivity contribution in [3.63, 3.8) is 0 Å². The van der Waals surface area contributed by atoms with E-state index in [1.54, 1.807) is 44.7 Å². The molecule has 4 amide bonds. The van der Waals surface area contributed by atoms with E-state index >= 15 is 0 Å². The highest BCUT2D eigenvalue weighted by Crippen LogP contribution is 2.17. The van der Waals surface area contributed by atoms with Crippen LogP contribution in [0.4, 0.5) is 13.6 Å². The lowest BCUT2D eigenvalue weighted by Crippen LogP contribution is -2.46. The molecule has 0 aliphatic carbocycles. The summed E-state index contributed by atoms with van der Waals surface area (Å²) in [5.41, 5.74) is 0.916. The second-order valence-electron chi connectivity index (χ2n) is 13.0. The van der Waals surface area contributed by atoms with Crippen LogP contribution in [0.15, 0.2) is 36.4 Å². The normalized spacial score (nSPS) is 12.5. The highest BCUT2D eigenvalue weighted by molar-refractivity contribution is 6.00. The molecule has 2 rings (SSSR count). The van der Waals surface area contributed by atoms with Gasteiger partial charge in [-0.3, -0.25) is 14.4 Å². The molecular weight excluding hydrogens is 622 g/mol. The summed E-state index contributed by atoms with van der Waals surface area (Å²) in [6.07, 6.45) is 1.13. The fourth-order valence-electron chi connectivity index (χ4n) is 5.16. The molecule has 2 aromatic carbocycles. The number of hydrogen-bond acceptors (Lipinski definition) is 6. The first kappa shape index (κ1) is 40.1. The van der Waals surface area contributed by atoms with Gasteiger partial charge < -0.3 is 30.7 Å². The molecule has 266 valence electrons. The van der Waals surface area contributed by atoms with Crippen molar-refractivity contribution in [1.29, 1.82) is 0 Å². The van der Waals surface area contributed by atoms with E-state index in [4.69, 9.17) is 4.74 Å². The Morgan fingerprint density at radius 3 is 2.10 bits per heavy atom. The van der Waals surface area contributed by atoms with E-state index in [1.165, 1.54) is 6.07 Å². The van der Waals surface area contributed by atoms with Crippen molar-refractivity contribution < 1.29 is 37.8 Å². The zero-order valence-electron chi connectivity index (χ0n) is 29.1. The Morgan fingerprint density at radius 2 is 1.50 bits per heavy atom. The molecule has 2 aromatic rings. The number of amides is 4. The van der Waals surface area contributed by atoms with Crippen LogP contribution in [-0.4, -0.2) is 77.7 Å². The zero-order chi connectivity index (χ0) is 35.9. The third kappa shape index (κ3) is 14.8. The van der Waals surface area contributed by atoms with E-state index < -0.39 is 41.4 Å². The molecule has 4 N–H and O–H groups in total. The topological polar surface area (TPSA) is 137 Å². The van der Waals surface area contributed by atoms with Crippen molar-refractivity contribution in [3.05, 3.63) is 70.3 Å². The molecule has 0 aromatic heterocycles. The summed E-state index contributed by atoms with van der Waals surface area (Å²) in [5, 5.41) is 19.3. The summed E-state index contributed by atoms with van der Waals surface area (Å²) in [6, 6.07) is 6.90. The maximum Gasteiger partial charge on any atom is 0.407 e. The summed E-state index contributed by atoms with van der Waals surface area (Å²) in [7, 11) is 0. The van der Waals surface area contributed by atoms with E-state index in [2.05, 4.69) is 16.0 Å². The van der Waals surface area contributed by atoms with Crippen LogP contribution in [0, 0.1) is 18.6 Å². The standard InChI is InChI=1S/C36H52F2N4O6/c1-7-15-42(16-8-2)34(46)27-18-24(3)17-26(22-27)33(45)41-30(21-25-19-28(37)23-29(38)20-25)31(43)12-14-39-32(44)11-9-10-13-40-35(47)48-36(4,5)6/h17-20,22-23,30-31,43H,7-16,21H2,1-6H3,(H,39,44)(H,40,47)(H,41,45)/t30-,31+/m1/s1. The van der Waals surface area contributed by atoms with Crippen molar-refractivity contribution in [2.75, 3.05) is 26.2 Å². The van der Waals surface area contributed by atoms with Gasteiger partial charge in [0.25, 0.3) is 11.8 Å². The van der Waals surface area contributed by atoms with Gasteiger partial charge in [-0.1, -0.05) is 13.8 Å². The number of carbonyl (C=O) groups excluding carboxylic acids is 4. The molecular formula is C36H52F2N4O6. The van der Waals surface area contributed by atoms with Crippen molar-refractivity contribution in [2.45, 2.75) is 104 Å². The number of hydrogen-bond donors (Lipinski definition) is 4. The fourth-order valence-corrected chi connectivity index (χ4v) is 5.16. The minimum atomic E-state index is -1.19. The Morgan fingerprint density at radius 1 is 0.875 bits per heavy atom. The minimum absolute atomic E-state index is 0.0508. The Hall–Kier alpha value is -4.06. The molecule has 2 atom stereocenters. The first-order chi connectivity index (χ1) is 22.6. The Balaban J connectivity index is 2.06. The third-order valence-electron chi connectivity index (χ3n) is 7.28. The van der Waals surface area contributed by atoms with Gasteiger partial charge in [-0.05, 0) is 108 Å². The molecule has 10 nitrogen and oxygen atoms in total. The van der Waals surface area contributed by atoms with Crippen molar-refractivity contribution >= 4 is 23.8 Å². The molecule has 0 bridgehead atoms. The number of alkyl carbamates (subject to hydrolysis) is 1. The minimum Gasteiger partial charge on any atom is -0.444 e. The number of aliphatic hydroxyl groups is 1. The molecule has 0 aliphatic heterocycles. The fraction of sp³-hybridized carbons (Fsp3) is 0.556. The van der Waals surface area contributed by atoms with Gasteiger partial charge in [0.05, 0.1) is 12.1 Å². The number of nitrogens with zero attached hydrogens (tertiary/aromatic N) is 1. The maximum absolute atomic E-state index is 14.0.